The van der Waals surface area contributed by atoms with Crippen LogP contribution in [0, 0.1) is 0 Å². The molecule has 0 fully saturated rings. The topological polar surface area (TPSA) is 56.7 Å². The Bertz CT molecular complexity index is 202. The van der Waals surface area contributed by atoms with Crippen LogP contribution in [0.3, 0.4) is 0 Å². The molecule has 0 amide bonds. The van der Waals surface area contributed by atoms with Crippen molar-refractivity contribution in [1.82, 2.24) is 14.8 Å². The van der Waals surface area contributed by atoms with E-state index in [-0.39, 0.29) is 0 Å². The molecular weight excluding hydrogens is 128 g/mol. The van der Waals surface area contributed by atoms with Gasteiger partial charge < -0.3 is 5.73 Å². The van der Waals surface area contributed by atoms with Gasteiger partial charge in [0, 0.05) is 6.54 Å². The van der Waals surface area contributed by atoms with Crippen molar-refractivity contribution < 1.29 is 0 Å². The van der Waals surface area contributed by atoms with Crippen molar-refractivity contribution in [3.05, 3.63) is 24.8 Å². The zero-order chi connectivity index (χ0) is 7.40. The Morgan fingerprint density at radius 3 is 3.00 bits per heavy atom. The molecule has 1 rings (SSSR count). The van der Waals surface area contributed by atoms with Gasteiger partial charge in [-0.25, -0.2) is 9.67 Å². The van der Waals surface area contributed by atoms with Gasteiger partial charge in [0.25, 0.3) is 0 Å². The molecule has 10 heavy (non-hydrogen) atoms. The van der Waals surface area contributed by atoms with E-state index in [2.05, 4.69) is 16.7 Å². The van der Waals surface area contributed by atoms with Gasteiger partial charge in [-0.1, -0.05) is 6.58 Å². The second-order valence-corrected chi connectivity index (χ2v) is 2.05. The Morgan fingerprint density at radius 2 is 2.50 bits per heavy atom. The van der Waals surface area contributed by atoms with E-state index < -0.39 is 0 Å². The summed E-state index contributed by atoms with van der Waals surface area (Å²) in [7, 11) is 0. The third kappa shape index (κ3) is 1.66. The minimum Gasteiger partial charge on any atom is -0.327 e. The molecule has 1 aromatic heterocycles. The lowest BCUT2D eigenvalue weighted by atomic mass is 10.3. The summed E-state index contributed by atoms with van der Waals surface area (Å²) in [5.74, 6) is 0. The number of hydrogen-bond donors (Lipinski definition) is 1. The fourth-order valence-corrected chi connectivity index (χ4v) is 0.608. The molecule has 0 aromatic carbocycles. The maximum Gasteiger partial charge on any atom is 0.137 e. The lowest BCUT2D eigenvalue weighted by molar-refractivity contribution is 0.668. The van der Waals surface area contributed by atoms with Crippen LogP contribution in [-0.4, -0.2) is 21.3 Å². The normalized spacial score (nSPS) is 9.70. The van der Waals surface area contributed by atoms with Gasteiger partial charge in [0.15, 0.2) is 0 Å². The van der Waals surface area contributed by atoms with Crippen LogP contribution >= 0.6 is 0 Å². The Kier molecular flexibility index (Phi) is 2.17. The van der Waals surface area contributed by atoms with E-state index in [9.17, 15) is 0 Å². The van der Waals surface area contributed by atoms with Crippen molar-refractivity contribution >= 4 is 0 Å². The van der Waals surface area contributed by atoms with Gasteiger partial charge in [0.05, 0.1) is 6.54 Å². The average Bonchev–Trinajstić information content (AvgIpc) is 2.40. The van der Waals surface area contributed by atoms with Crippen LogP contribution in [0.1, 0.15) is 0 Å². The number of nitrogens with two attached hydrogens (primary N) is 1. The number of hydrogen-bond acceptors (Lipinski definition) is 3. The molecule has 0 spiro atoms. The SMILES string of the molecule is C=C(CN)Cn1cncn1. The van der Waals surface area contributed by atoms with Crippen molar-refractivity contribution in [2.45, 2.75) is 6.54 Å². The molecule has 0 radical (unpaired) electrons. The molecule has 0 bridgehead atoms. The molecule has 4 nitrogen and oxygen atoms in total. The first-order valence-corrected chi connectivity index (χ1v) is 3.02. The fourth-order valence-electron chi connectivity index (χ4n) is 0.608. The molecule has 54 valence electrons. The zero-order valence-electron chi connectivity index (χ0n) is 5.70. The highest BCUT2D eigenvalue weighted by molar-refractivity contribution is 4.94. The van der Waals surface area contributed by atoms with E-state index in [4.69, 9.17) is 5.73 Å². The first-order chi connectivity index (χ1) is 4.83. The lowest BCUT2D eigenvalue weighted by Gasteiger charge is -1.99. The number of aromatic nitrogens is 3. The molecule has 0 aliphatic heterocycles. The summed E-state index contributed by atoms with van der Waals surface area (Å²) in [6, 6.07) is 0. The van der Waals surface area contributed by atoms with E-state index in [1.807, 2.05) is 0 Å². The Balaban J connectivity index is 2.48. The first kappa shape index (κ1) is 6.95. The van der Waals surface area contributed by atoms with Gasteiger partial charge in [-0.2, -0.15) is 5.10 Å². The molecule has 0 aliphatic carbocycles. The van der Waals surface area contributed by atoms with E-state index in [0.29, 0.717) is 13.1 Å². The van der Waals surface area contributed by atoms with Crippen LogP contribution in [0.25, 0.3) is 0 Å². The van der Waals surface area contributed by atoms with Gasteiger partial charge in [-0.3, -0.25) is 0 Å². The van der Waals surface area contributed by atoms with Crippen LogP contribution < -0.4 is 5.73 Å². The Hall–Kier alpha value is -1.16. The summed E-state index contributed by atoms with van der Waals surface area (Å²) in [6.45, 7) is 4.90. The van der Waals surface area contributed by atoms with Gasteiger partial charge >= 0.3 is 0 Å². The third-order valence-electron chi connectivity index (χ3n) is 1.14. The summed E-state index contributed by atoms with van der Waals surface area (Å²) in [4.78, 5) is 3.78. The zero-order valence-corrected chi connectivity index (χ0v) is 5.70. The van der Waals surface area contributed by atoms with Crippen LogP contribution in [0.5, 0.6) is 0 Å². The second kappa shape index (κ2) is 3.12. The molecule has 1 aromatic rings. The highest BCUT2D eigenvalue weighted by Gasteiger charge is 1.92. The molecule has 0 saturated heterocycles. The maximum atomic E-state index is 5.33. The van der Waals surface area contributed by atoms with Crippen molar-refractivity contribution in [3.8, 4) is 0 Å². The average molecular weight is 138 g/mol. The Labute approximate surface area is 59.4 Å². The smallest absolute Gasteiger partial charge is 0.137 e. The van der Waals surface area contributed by atoms with Crippen LogP contribution in [0.2, 0.25) is 0 Å². The fraction of sp³-hybridized carbons (Fsp3) is 0.333. The number of rotatable bonds is 3. The molecule has 0 aliphatic rings. The van der Waals surface area contributed by atoms with Crippen molar-refractivity contribution in [2.75, 3.05) is 6.54 Å². The predicted molar refractivity (Wildman–Crippen MR) is 38.2 cm³/mol. The first-order valence-electron chi connectivity index (χ1n) is 3.02. The highest BCUT2D eigenvalue weighted by atomic mass is 15.3. The van der Waals surface area contributed by atoms with Gasteiger partial charge in [-0.15, -0.1) is 0 Å². The monoisotopic (exact) mass is 138 g/mol. The third-order valence-corrected chi connectivity index (χ3v) is 1.14. The maximum absolute atomic E-state index is 5.33. The van der Waals surface area contributed by atoms with E-state index in [0.717, 1.165) is 5.57 Å². The van der Waals surface area contributed by atoms with Crippen LogP contribution in [-0.2, 0) is 6.54 Å². The molecule has 0 saturated carbocycles. The lowest BCUT2D eigenvalue weighted by Crippen LogP contribution is -2.09. The minimum atomic E-state index is 0.500. The molecule has 1 heterocycles. The molecule has 2 N–H and O–H groups in total. The standard InChI is InChI=1S/C6H10N4/c1-6(2-7)3-10-5-8-4-9-10/h4-5H,1-3,7H2. The molecule has 0 unspecified atom stereocenters. The van der Waals surface area contributed by atoms with Crippen LogP contribution in [0.15, 0.2) is 24.8 Å². The summed E-state index contributed by atoms with van der Waals surface area (Å²) >= 11 is 0. The predicted octanol–water partition coefficient (Wildman–Crippen LogP) is -0.207. The summed E-state index contributed by atoms with van der Waals surface area (Å²) in [6.07, 6.45) is 3.13. The van der Waals surface area contributed by atoms with E-state index in [1.165, 1.54) is 6.33 Å². The quantitative estimate of drug-likeness (QED) is 0.588. The van der Waals surface area contributed by atoms with Gasteiger partial charge in [0.2, 0.25) is 0 Å². The number of nitrogens with zero attached hydrogens (tertiary/aromatic N) is 3. The highest BCUT2D eigenvalue weighted by Crippen LogP contribution is 1.90. The van der Waals surface area contributed by atoms with Crippen LogP contribution in [0.4, 0.5) is 0 Å². The van der Waals surface area contributed by atoms with E-state index in [1.54, 1.807) is 11.0 Å². The van der Waals surface area contributed by atoms with E-state index >= 15 is 0 Å². The molecular formula is C6H10N4. The Morgan fingerprint density at radius 1 is 1.70 bits per heavy atom. The molecule has 0 atom stereocenters. The van der Waals surface area contributed by atoms with Crippen molar-refractivity contribution in [2.24, 2.45) is 5.73 Å². The molecule has 4 heteroatoms. The second-order valence-electron chi connectivity index (χ2n) is 2.05. The van der Waals surface area contributed by atoms with Gasteiger partial charge in [0.1, 0.15) is 12.7 Å². The van der Waals surface area contributed by atoms with Crippen molar-refractivity contribution in [3.63, 3.8) is 0 Å². The summed E-state index contributed by atoms with van der Waals surface area (Å²) in [5, 5.41) is 3.89. The van der Waals surface area contributed by atoms with Crippen molar-refractivity contribution in [1.29, 1.82) is 0 Å². The summed E-state index contributed by atoms with van der Waals surface area (Å²) in [5.41, 5.74) is 6.28. The largest absolute Gasteiger partial charge is 0.327 e. The summed E-state index contributed by atoms with van der Waals surface area (Å²) < 4.78 is 1.69. The van der Waals surface area contributed by atoms with Gasteiger partial charge in [-0.05, 0) is 5.57 Å². The minimum absolute atomic E-state index is 0.500.